The summed E-state index contributed by atoms with van der Waals surface area (Å²) in [6.45, 7) is 10.1. The van der Waals surface area contributed by atoms with Crippen LogP contribution in [0.2, 0.25) is 0 Å². The molecule has 0 saturated carbocycles. The topological polar surface area (TPSA) is 60.5 Å². The summed E-state index contributed by atoms with van der Waals surface area (Å²) >= 11 is 0. The van der Waals surface area contributed by atoms with Crippen molar-refractivity contribution in [3.8, 4) is 11.6 Å². The van der Waals surface area contributed by atoms with Crippen molar-refractivity contribution in [1.29, 1.82) is 0 Å². The van der Waals surface area contributed by atoms with Gasteiger partial charge < -0.3 is 19.2 Å². The molecule has 1 aromatic heterocycles. The zero-order valence-electron chi connectivity index (χ0n) is 19.7. The summed E-state index contributed by atoms with van der Waals surface area (Å²) in [5.41, 5.74) is 5.02. The molecule has 0 radical (unpaired) electrons. The Kier molecular flexibility index (Phi) is 11.0. The van der Waals surface area contributed by atoms with E-state index in [1.165, 1.54) is 25.4 Å². The van der Waals surface area contributed by atoms with Crippen molar-refractivity contribution in [2.45, 2.75) is 60.0 Å². The number of aromatic nitrogens is 1. The Morgan fingerprint density at radius 3 is 2.37 bits per heavy atom. The first-order valence-electron chi connectivity index (χ1n) is 10.3. The van der Waals surface area contributed by atoms with Gasteiger partial charge in [0.1, 0.15) is 0 Å². The Bertz CT molecular complexity index is 872. The van der Waals surface area contributed by atoms with E-state index in [1.54, 1.807) is 14.0 Å². The molecule has 0 amide bonds. The smallest absolute Gasteiger partial charge is 0.238 e. The number of pyridine rings is 1. The molecule has 1 N–H and O–H groups in total. The molecule has 1 unspecified atom stereocenters. The van der Waals surface area contributed by atoms with Crippen molar-refractivity contribution in [2.75, 3.05) is 21.3 Å². The predicted octanol–water partition coefficient (Wildman–Crippen LogP) is 5.45. The average molecular weight is 416 g/mol. The molecule has 0 aromatic carbocycles. The Labute approximate surface area is 181 Å². The molecule has 5 heteroatoms. The third kappa shape index (κ3) is 7.38. The molecule has 0 fully saturated rings. The number of hydrogen-bond donors (Lipinski definition) is 1. The molecule has 0 spiro atoms. The van der Waals surface area contributed by atoms with Crippen LogP contribution in [0.25, 0.3) is 0 Å². The summed E-state index contributed by atoms with van der Waals surface area (Å²) in [6.07, 6.45) is 13.2. The van der Waals surface area contributed by atoms with Crippen molar-refractivity contribution in [3.63, 3.8) is 0 Å². The standard InChI is InChI=1S/C25H37NO4/c1-9-19(4)22(28-6)16-14-18(3)12-10-11-17(2)13-15-21-20(5)23(27)24(29-7)25(26-21)30-8/h9-11,13-14,22H,12,15-16H2,1-8H3,(H,26,27). The second-order valence-electron chi connectivity index (χ2n) is 7.43. The van der Waals surface area contributed by atoms with Crippen molar-refractivity contribution in [1.82, 2.24) is 4.98 Å². The number of aromatic amines is 1. The molecule has 0 aliphatic carbocycles. The number of ether oxygens (including phenoxy) is 3. The molecule has 1 aromatic rings. The van der Waals surface area contributed by atoms with Gasteiger partial charge in [0.25, 0.3) is 0 Å². The molecule has 5 nitrogen and oxygen atoms in total. The maximum Gasteiger partial charge on any atom is 0.238 e. The van der Waals surface area contributed by atoms with Crippen molar-refractivity contribution < 1.29 is 14.2 Å². The second-order valence-corrected chi connectivity index (χ2v) is 7.43. The lowest BCUT2D eigenvalue weighted by Gasteiger charge is -2.14. The predicted molar refractivity (Wildman–Crippen MR) is 125 cm³/mol. The summed E-state index contributed by atoms with van der Waals surface area (Å²) in [7, 11) is 4.73. The van der Waals surface area contributed by atoms with Crippen molar-refractivity contribution in [2.24, 2.45) is 0 Å². The molecule has 0 aliphatic heterocycles. The van der Waals surface area contributed by atoms with Crippen LogP contribution >= 0.6 is 0 Å². The molecule has 30 heavy (non-hydrogen) atoms. The zero-order valence-corrected chi connectivity index (χ0v) is 19.7. The molecular formula is C25H37NO4. The van der Waals surface area contributed by atoms with Gasteiger partial charge in [0.15, 0.2) is 0 Å². The quantitative estimate of drug-likeness (QED) is 0.385. The minimum atomic E-state index is -0.145. The van der Waals surface area contributed by atoms with Gasteiger partial charge in [-0.15, -0.1) is 0 Å². The largest absolute Gasteiger partial charge is 0.488 e. The van der Waals surface area contributed by atoms with E-state index in [4.69, 9.17) is 14.2 Å². The third-order valence-corrected chi connectivity index (χ3v) is 5.26. The number of H-pyrrole nitrogens is 1. The normalized spacial score (nSPS) is 14.3. The SMILES string of the molecule is CC=C(C)C(CC=C(C)CC=CC(C)=CCc1[nH]c(OC)c(OC)c(=O)c1C)OC. The number of allylic oxidation sites excluding steroid dienone is 6. The van der Waals surface area contributed by atoms with Gasteiger partial charge in [0.05, 0.1) is 20.3 Å². The van der Waals surface area contributed by atoms with Gasteiger partial charge in [-0.05, 0) is 53.0 Å². The first-order chi connectivity index (χ1) is 14.3. The van der Waals surface area contributed by atoms with Crippen LogP contribution in [0.4, 0.5) is 0 Å². The minimum Gasteiger partial charge on any atom is -0.488 e. The second kappa shape index (κ2) is 12.9. The maximum absolute atomic E-state index is 12.4. The van der Waals surface area contributed by atoms with Crippen molar-refractivity contribution in [3.05, 3.63) is 68.6 Å². The van der Waals surface area contributed by atoms with Crippen molar-refractivity contribution >= 4 is 0 Å². The number of methoxy groups -OCH3 is 3. The molecule has 0 aliphatic rings. The van der Waals surface area contributed by atoms with Crippen LogP contribution in [0.3, 0.4) is 0 Å². The Morgan fingerprint density at radius 2 is 1.80 bits per heavy atom. The van der Waals surface area contributed by atoms with Crippen LogP contribution in [0.15, 0.2) is 51.9 Å². The average Bonchev–Trinajstić information content (AvgIpc) is 2.74. The summed E-state index contributed by atoms with van der Waals surface area (Å²) in [5.74, 6) is 0.565. The monoisotopic (exact) mass is 415 g/mol. The molecule has 0 bridgehead atoms. The minimum absolute atomic E-state index is 0.141. The summed E-state index contributed by atoms with van der Waals surface area (Å²) < 4.78 is 15.9. The number of hydrogen-bond acceptors (Lipinski definition) is 4. The fourth-order valence-electron chi connectivity index (χ4n) is 3.04. The van der Waals surface area contributed by atoms with E-state index in [9.17, 15) is 4.79 Å². The highest BCUT2D eigenvalue weighted by Gasteiger charge is 2.14. The lowest BCUT2D eigenvalue weighted by molar-refractivity contribution is 0.134. The fourth-order valence-corrected chi connectivity index (χ4v) is 3.04. The zero-order chi connectivity index (χ0) is 22.7. The van der Waals surface area contributed by atoms with E-state index in [1.807, 2.05) is 6.92 Å². The van der Waals surface area contributed by atoms with Crippen LogP contribution in [0, 0.1) is 6.92 Å². The van der Waals surface area contributed by atoms with Gasteiger partial charge in [-0.3, -0.25) is 4.79 Å². The van der Waals surface area contributed by atoms with Crippen LogP contribution in [0.5, 0.6) is 11.6 Å². The van der Waals surface area contributed by atoms with E-state index >= 15 is 0 Å². The highest BCUT2D eigenvalue weighted by Crippen LogP contribution is 2.22. The van der Waals surface area contributed by atoms with Crippen LogP contribution in [-0.2, 0) is 11.2 Å². The molecule has 0 saturated heterocycles. The van der Waals surface area contributed by atoms with Gasteiger partial charge in [-0.2, -0.15) is 0 Å². The van der Waals surface area contributed by atoms with Crippen LogP contribution in [0.1, 0.15) is 51.8 Å². The third-order valence-electron chi connectivity index (χ3n) is 5.26. The summed E-state index contributed by atoms with van der Waals surface area (Å²) in [5, 5.41) is 0. The fraction of sp³-hybridized carbons (Fsp3) is 0.480. The number of nitrogens with one attached hydrogen (secondary N) is 1. The lowest BCUT2D eigenvalue weighted by atomic mass is 10.0. The molecule has 1 rings (SSSR count). The van der Waals surface area contributed by atoms with E-state index in [0.717, 1.165) is 24.1 Å². The van der Waals surface area contributed by atoms with E-state index < -0.39 is 0 Å². The highest BCUT2D eigenvalue weighted by molar-refractivity contribution is 5.40. The number of rotatable bonds is 11. The lowest BCUT2D eigenvalue weighted by Crippen LogP contribution is -2.15. The van der Waals surface area contributed by atoms with Crippen LogP contribution < -0.4 is 14.9 Å². The van der Waals surface area contributed by atoms with Gasteiger partial charge >= 0.3 is 0 Å². The van der Waals surface area contributed by atoms with Gasteiger partial charge in [0, 0.05) is 24.8 Å². The Morgan fingerprint density at radius 1 is 1.10 bits per heavy atom. The summed E-state index contributed by atoms with van der Waals surface area (Å²) in [6, 6.07) is 0. The first kappa shape index (κ1) is 25.5. The van der Waals surface area contributed by atoms with Gasteiger partial charge in [-0.1, -0.05) is 41.5 Å². The molecule has 1 heterocycles. The van der Waals surface area contributed by atoms with Gasteiger partial charge in [0.2, 0.25) is 17.1 Å². The maximum atomic E-state index is 12.4. The Hall–Kier alpha value is -2.53. The molecular weight excluding hydrogens is 378 g/mol. The highest BCUT2D eigenvalue weighted by atomic mass is 16.5. The van der Waals surface area contributed by atoms with E-state index in [2.05, 4.69) is 56.1 Å². The Balaban J connectivity index is 2.76. The summed E-state index contributed by atoms with van der Waals surface area (Å²) in [4.78, 5) is 15.6. The van der Waals surface area contributed by atoms with Gasteiger partial charge in [-0.25, -0.2) is 0 Å². The van der Waals surface area contributed by atoms with E-state index in [0.29, 0.717) is 17.9 Å². The first-order valence-corrected chi connectivity index (χ1v) is 10.3. The molecule has 1 atom stereocenters. The molecule has 166 valence electrons. The van der Waals surface area contributed by atoms with E-state index in [-0.39, 0.29) is 17.3 Å². The van der Waals surface area contributed by atoms with Crippen LogP contribution in [-0.4, -0.2) is 32.4 Å².